The minimum atomic E-state index is -0.975. The van der Waals surface area contributed by atoms with Crippen LogP contribution in [0.4, 0.5) is 0 Å². The molecular weight excluding hydrogens is 160 g/mol. The molecule has 0 spiro atoms. The molecule has 0 amide bonds. The summed E-state index contributed by atoms with van der Waals surface area (Å²) in [6.45, 7) is 1.43. The molecule has 4 heteroatoms. The largest absolute Gasteiger partial charge is 0.393 e. The summed E-state index contributed by atoms with van der Waals surface area (Å²) in [6.07, 6.45) is -0.770. The Hall–Kier alpha value is -0.160. The lowest BCUT2D eigenvalue weighted by molar-refractivity contribution is -0.00295. The highest BCUT2D eigenvalue weighted by atomic mass is 16.3. The van der Waals surface area contributed by atoms with Crippen LogP contribution in [0.25, 0.3) is 0 Å². The average Bonchev–Trinajstić information content (AvgIpc) is 2.04. The summed E-state index contributed by atoms with van der Waals surface area (Å²) in [6, 6.07) is 0. The van der Waals surface area contributed by atoms with Crippen LogP contribution in [0.3, 0.4) is 0 Å². The monoisotopic (exact) mass is 177 g/mol. The van der Waals surface area contributed by atoms with Crippen LogP contribution in [0.15, 0.2) is 0 Å². The molecule has 4 N–H and O–H groups in total. The molecule has 0 rings (SSSR count). The predicted octanol–water partition coefficient (Wildman–Crippen LogP) is -0.205. The highest BCUT2D eigenvalue weighted by Gasteiger charge is 2.19. The lowest BCUT2D eigenvalue weighted by atomic mass is 10.0. The maximum absolute atomic E-state index is 9.21. The van der Waals surface area contributed by atoms with Crippen LogP contribution in [0, 0.1) is 6.10 Å². The molecule has 2 atom stereocenters. The van der Waals surface area contributed by atoms with Gasteiger partial charge in [0.2, 0.25) is 0 Å². The van der Waals surface area contributed by atoms with E-state index in [1.165, 1.54) is 0 Å². The Kier molecular flexibility index (Phi) is 6.28. The molecule has 0 aromatic carbocycles. The number of hydrogen-bond acceptors (Lipinski definition) is 4. The Morgan fingerprint density at radius 1 is 1.25 bits per heavy atom. The Labute approximate surface area is 72.5 Å². The Morgan fingerprint density at radius 2 is 1.83 bits per heavy atom. The van der Waals surface area contributed by atoms with Crippen LogP contribution < -0.4 is 0 Å². The van der Waals surface area contributed by atoms with Crippen LogP contribution in [0.2, 0.25) is 0 Å². The summed E-state index contributed by atoms with van der Waals surface area (Å²) in [5.41, 5.74) is 0. The fourth-order valence-electron chi connectivity index (χ4n) is 0.930. The molecule has 0 aliphatic rings. The first-order valence-corrected chi connectivity index (χ1v) is 4.12. The Morgan fingerprint density at radius 3 is 2.25 bits per heavy atom. The van der Waals surface area contributed by atoms with Crippen molar-refractivity contribution in [3.63, 3.8) is 0 Å². The van der Waals surface area contributed by atoms with Crippen molar-refractivity contribution in [2.24, 2.45) is 0 Å². The molecule has 0 saturated carbocycles. The fraction of sp³-hybridized carbons (Fsp3) is 0.875. The molecule has 0 saturated heterocycles. The van der Waals surface area contributed by atoms with Crippen molar-refractivity contribution >= 4 is 0 Å². The van der Waals surface area contributed by atoms with Crippen molar-refractivity contribution in [2.75, 3.05) is 6.61 Å². The van der Waals surface area contributed by atoms with E-state index in [1.54, 1.807) is 0 Å². The van der Waals surface area contributed by atoms with Crippen LogP contribution in [-0.4, -0.2) is 39.2 Å². The van der Waals surface area contributed by atoms with Gasteiger partial charge in [-0.1, -0.05) is 13.3 Å². The summed E-state index contributed by atoms with van der Waals surface area (Å²) in [4.78, 5) is 0. The van der Waals surface area contributed by atoms with Crippen molar-refractivity contribution in [1.29, 1.82) is 0 Å². The third-order valence-electron chi connectivity index (χ3n) is 1.66. The van der Waals surface area contributed by atoms with E-state index < -0.39 is 18.8 Å². The van der Waals surface area contributed by atoms with Gasteiger partial charge in [0.15, 0.2) is 0 Å². The third kappa shape index (κ3) is 4.66. The van der Waals surface area contributed by atoms with Gasteiger partial charge in [-0.15, -0.1) is 0 Å². The predicted molar refractivity (Wildman–Crippen MR) is 43.8 cm³/mol. The zero-order valence-corrected chi connectivity index (χ0v) is 7.27. The van der Waals surface area contributed by atoms with Crippen LogP contribution in [-0.2, 0) is 0 Å². The first-order chi connectivity index (χ1) is 5.61. The van der Waals surface area contributed by atoms with E-state index in [4.69, 9.17) is 10.2 Å². The van der Waals surface area contributed by atoms with Crippen molar-refractivity contribution in [1.82, 2.24) is 0 Å². The Balaban J connectivity index is 3.62. The van der Waals surface area contributed by atoms with Gasteiger partial charge in [0.1, 0.15) is 6.10 Å². The number of rotatable bonds is 6. The molecule has 0 aliphatic carbocycles. The van der Waals surface area contributed by atoms with Gasteiger partial charge in [-0.05, 0) is 6.42 Å². The molecule has 0 aromatic heterocycles. The standard InChI is InChI=1S/C8H17O4/c1-2-3-7(11)8(12)4-6(10)5-9/h7-12H,2-5H2,1H3. The fourth-order valence-corrected chi connectivity index (χ4v) is 0.930. The highest BCUT2D eigenvalue weighted by Crippen LogP contribution is 2.11. The smallest absolute Gasteiger partial charge is 0.121 e. The first-order valence-electron chi connectivity index (χ1n) is 4.12. The molecule has 2 unspecified atom stereocenters. The molecule has 0 aromatic rings. The van der Waals surface area contributed by atoms with E-state index in [0.29, 0.717) is 6.42 Å². The van der Waals surface area contributed by atoms with Crippen molar-refractivity contribution < 1.29 is 20.4 Å². The van der Waals surface area contributed by atoms with Gasteiger partial charge in [0.05, 0.1) is 18.8 Å². The van der Waals surface area contributed by atoms with Crippen LogP contribution in [0.1, 0.15) is 26.2 Å². The van der Waals surface area contributed by atoms with Crippen molar-refractivity contribution in [2.45, 2.75) is 38.4 Å². The molecule has 73 valence electrons. The van der Waals surface area contributed by atoms with E-state index in [9.17, 15) is 10.2 Å². The van der Waals surface area contributed by atoms with Crippen molar-refractivity contribution in [3.05, 3.63) is 6.10 Å². The number of aliphatic hydroxyl groups excluding tert-OH is 4. The topological polar surface area (TPSA) is 80.9 Å². The first kappa shape index (κ1) is 11.8. The molecule has 0 heterocycles. The van der Waals surface area contributed by atoms with Gasteiger partial charge in [0.25, 0.3) is 0 Å². The second kappa shape index (κ2) is 6.37. The van der Waals surface area contributed by atoms with Gasteiger partial charge in [-0.25, -0.2) is 0 Å². The molecule has 0 fully saturated rings. The van der Waals surface area contributed by atoms with Gasteiger partial charge in [-0.3, -0.25) is 0 Å². The second-order valence-electron chi connectivity index (χ2n) is 2.85. The molecule has 1 radical (unpaired) electrons. The zero-order chi connectivity index (χ0) is 9.56. The maximum Gasteiger partial charge on any atom is 0.121 e. The van der Waals surface area contributed by atoms with E-state index in [0.717, 1.165) is 6.42 Å². The van der Waals surface area contributed by atoms with Crippen LogP contribution >= 0.6 is 0 Å². The van der Waals surface area contributed by atoms with Gasteiger partial charge >= 0.3 is 0 Å². The molecule has 12 heavy (non-hydrogen) atoms. The average molecular weight is 177 g/mol. The zero-order valence-electron chi connectivity index (χ0n) is 7.27. The summed E-state index contributed by atoms with van der Waals surface area (Å²) >= 11 is 0. The molecule has 4 nitrogen and oxygen atoms in total. The second-order valence-corrected chi connectivity index (χ2v) is 2.85. The van der Waals surface area contributed by atoms with Gasteiger partial charge in [-0.2, -0.15) is 0 Å². The molecule has 0 aliphatic heterocycles. The van der Waals surface area contributed by atoms with Gasteiger partial charge < -0.3 is 20.4 Å². The van der Waals surface area contributed by atoms with E-state index in [1.807, 2.05) is 6.92 Å². The van der Waals surface area contributed by atoms with E-state index >= 15 is 0 Å². The Bertz CT molecular complexity index is 107. The van der Waals surface area contributed by atoms with E-state index in [-0.39, 0.29) is 12.5 Å². The molecule has 0 bridgehead atoms. The third-order valence-corrected chi connectivity index (χ3v) is 1.66. The lowest BCUT2D eigenvalue weighted by Gasteiger charge is -2.18. The van der Waals surface area contributed by atoms with E-state index in [2.05, 4.69) is 0 Å². The lowest BCUT2D eigenvalue weighted by Crippen LogP contribution is -2.28. The number of hydrogen-bond donors (Lipinski definition) is 4. The molecular formula is C8H17O4. The summed E-state index contributed by atoms with van der Waals surface area (Å²) in [5.74, 6) is 0. The minimum Gasteiger partial charge on any atom is -0.393 e. The van der Waals surface area contributed by atoms with Crippen molar-refractivity contribution in [3.8, 4) is 0 Å². The highest BCUT2D eigenvalue weighted by molar-refractivity contribution is 4.81. The van der Waals surface area contributed by atoms with Gasteiger partial charge in [0, 0.05) is 6.42 Å². The number of aliphatic hydroxyl groups is 4. The normalized spacial score (nSPS) is 16.5. The maximum atomic E-state index is 9.21. The quantitative estimate of drug-likeness (QED) is 0.453. The minimum absolute atomic E-state index is 0.0579. The summed E-state index contributed by atoms with van der Waals surface area (Å²) in [7, 11) is 0. The SMILES string of the molecule is CCCC(O)C(O)C[C](O)CO. The summed E-state index contributed by atoms with van der Waals surface area (Å²) < 4.78 is 0. The van der Waals surface area contributed by atoms with Crippen LogP contribution in [0.5, 0.6) is 0 Å². The summed E-state index contributed by atoms with van der Waals surface area (Å²) in [5, 5.41) is 35.7.